The number of hydrogen-bond acceptors (Lipinski definition) is 4. The average Bonchev–Trinajstić information content (AvgIpc) is 1.89. The molecule has 10 heavy (non-hydrogen) atoms. The van der Waals surface area contributed by atoms with Gasteiger partial charge in [-0.15, -0.1) is 0 Å². The van der Waals surface area contributed by atoms with Gasteiger partial charge in [-0.1, -0.05) is 0 Å². The maximum atomic E-state index is 10.2. The molecule has 4 nitrogen and oxygen atoms in total. The van der Waals surface area contributed by atoms with E-state index in [4.69, 9.17) is 4.74 Å². The van der Waals surface area contributed by atoms with Crippen LogP contribution in [0.25, 0.3) is 0 Å². The molecule has 0 radical (unpaired) electrons. The Kier molecular flexibility index (Phi) is 3.64. The molecule has 4 heteroatoms. The molecule has 0 rings (SSSR count). The lowest BCUT2D eigenvalue weighted by molar-refractivity contribution is -0.201. The first-order valence-electron chi connectivity index (χ1n) is 2.90. The molecule has 0 aromatic rings. The van der Waals surface area contributed by atoms with Crippen LogP contribution in [0.15, 0.2) is 0 Å². The molecule has 0 aliphatic rings. The summed E-state index contributed by atoms with van der Waals surface area (Å²) in [6, 6.07) is 0. The molecular formula is C6H10O4. The molecule has 0 aromatic heterocycles. The quantitative estimate of drug-likeness (QED) is 0.408. The lowest BCUT2D eigenvalue weighted by Crippen LogP contribution is -2.33. The summed E-state index contributed by atoms with van der Waals surface area (Å²) in [6.07, 6.45) is 0.435. The molecule has 1 unspecified atom stereocenters. The molecule has 0 aromatic carbocycles. The van der Waals surface area contributed by atoms with Crippen LogP contribution in [0.5, 0.6) is 0 Å². The van der Waals surface area contributed by atoms with Gasteiger partial charge in [0, 0.05) is 13.5 Å². The van der Waals surface area contributed by atoms with Crippen LogP contribution in [0, 0.1) is 0 Å². The van der Waals surface area contributed by atoms with Gasteiger partial charge in [0.15, 0.2) is 6.29 Å². The van der Waals surface area contributed by atoms with Gasteiger partial charge >= 0.3 is 0 Å². The van der Waals surface area contributed by atoms with Crippen molar-refractivity contribution in [1.82, 2.24) is 0 Å². The van der Waals surface area contributed by atoms with E-state index in [1.807, 2.05) is 0 Å². The lowest BCUT2D eigenvalue weighted by atomic mass is 10.4. The van der Waals surface area contributed by atoms with Gasteiger partial charge in [-0.3, -0.25) is 9.59 Å². The summed E-state index contributed by atoms with van der Waals surface area (Å²) in [5.41, 5.74) is 0. The van der Waals surface area contributed by atoms with Crippen LogP contribution in [-0.2, 0) is 19.1 Å². The predicted molar refractivity (Wildman–Crippen MR) is 33.2 cm³/mol. The molecule has 0 fully saturated rings. The van der Waals surface area contributed by atoms with Crippen molar-refractivity contribution in [3.63, 3.8) is 0 Å². The van der Waals surface area contributed by atoms with Crippen LogP contribution < -0.4 is 0 Å². The minimum Gasteiger partial charge on any atom is -0.428 e. The van der Waals surface area contributed by atoms with E-state index in [1.54, 1.807) is 6.92 Å². The maximum absolute atomic E-state index is 10.2. The highest BCUT2D eigenvalue weighted by Crippen LogP contribution is 2.06. The molecule has 1 atom stereocenters. The highest BCUT2D eigenvalue weighted by atomic mass is 16.7. The SMILES string of the molecule is CCOC(C)(C=O)OC=O. The average molecular weight is 146 g/mol. The standard InChI is InChI=1S/C6H10O4/c1-3-9-6(2,4-7)10-5-8/h4-5H,3H2,1-2H3. The van der Waals surface area contributed by atoms with Gasteiger partial charge in [-0.2, -0.15) is 0 Å². The fourth-order valence-electron chi connectivity index (χ4n) is 0.478. The second-order valence-electron chi connectivity index (χ2n) is 1.78. The third-order valence-electron chi connectivity index (χ3n) is 0.927. The van der Waals surface area contributed by atoms with Crippen molar-refractivity contribution in [2.45, 2.75) is 19.6 Å². The minimum atomic E-state index is -1.41. The topological polar surface area (TPSA) is 52.6 Å². The van der Waals surface area contributed by atoms with Crippen LogP contribution in [0.4, 0.5) is 0 Å². The molecule has 0 bridgehead atoms. The van der Waals surface area contributed by atoms with Crippen molar-refractivity contribution >= 4 is 12.8 Å². The Morgan fingerprint density at radius 2 is 2.10 bits per heavy atom. The summed E-state index contributed by atoms with van der Waals surface area (Å²) in [5.74, 6) is -1.41. The maximum Gasteiger partial charge on any atom is 0.295 e. The minimum absolute atomic E-state index is 0.185. The Hall–Kier alpha value is -0.900. The molecular weight excluding hydrogens is 136 g/mol. The third kappa shape index (κ3) is 2.59. The van der Waals surface area contributed by atoms with E-state index in [0.29, 0.717) is 12.9 Å². The summed E-state index contributed by atoms with van der Waals surface area (Å²) in [4.78, 5) is 20.0. The fourth-order valence-corrected chi connectivity index (χ4v) is 0.478. The van der Waals surface area contributed by atoms with Gasteiger partial charge in [0.05, 0.1) is 0 Å². The van der Waals surface area contributed by atoms with Gasteiger partial charge in [0.1, 0.15) is 0 Å². The molecule has 0 N–H and O–H groups in total. The molecule has 0 heterocycles. The van der Waals surface area contributed by atoms with E-state index in [2.05, 4.69) is 4.74 Å². The number of carbonyl (C=O) groups excluding carboxylic acids is 2. The normalized spacial score (nSPS) is 15.4. The second kappa shape index (κ2) is 4.00. The number of carbonyl (C=O) groups is 2. The van der Waals surface area contributed by atoms with Crippen LogP contribution in [-0.4, -0.2) is 25.2 Å². The third-order valence-corrected chi connectivity index (χ3v) is 0.927. The van der Waals surface area contributed by atoms with E-state index in [-0.39, 0.29) is 6.47 Å². The van der Waals surface area contributed by atoms with Gasteiger partial charge in [0.2, 0.25) is 0 Å². The Labute approximate surface area is 59.1 Å². The first-order valence-corrected chi connectivity index (χ1v) is 2.90. The Bertz CT molecular complexity index is 123. The molecule has 0 spiro atoms. The monoisotopic (exact) mass is 146 g/mol. The summed E-state index contributed by atoms with van der Waals surface area (Å²) < 4.78 is 9.15. The number of ether oxygens (including phenoxy) is 2. The Balaban J connectivity index is 3.92. The highest BCUT2D eigenvalue weighted by molar-refractivity contribution is 5.62. The first-order chi connectivity index (χ1) is 4.68. The van der Waals surface area contributed by atoms with Crippen LogP contribution in [0.3, 0.4) is 0 Å². The number of hydrogen-bond donors (Lipinski definition) is 0. The molecule has 0 saturated carbocycles. The molecule has 0 saturated heterocycles. The summed E-state index contributed by atoms with van der Waals surface area (Å²) in [6.45, 7) is 3.58. The second-order valence-corrected chi connectivity index (χ2v) is 1.78. The van der Waals surface area contributed by atoms with Crippen molar-refractivity contribution in [3.05, 3.63) is 0 Å². The van der Waals surface area contributed by atoms with Crippen LogP contribution in [0.1, 0.15) is 13.8 Å². The van der Waals surface area contributed by atoms with E-state index in [1.165, 1.54) is 6.92 Å². The summed E-state index contributed by atoms with van der Waals surface area (Å²) in [5, 5.41) is 0. The zero-order valence-electron chi connectivity index (χ0n) is 5.99. The van der Waals surface area contributed by atoms with Gasteiger partial charge in [0.25, 0.3) is 12.3 Å². The molecule has 58 valence electrons. The Morgan fingerprint density at radius 1 is 1.50 bits per heavy atom. The Morgan fingerprint density at radius 3 is 2.40 bits per heavy atom. The molecule has 0 aliphatic carbocycles. The van der Waals surface area contributed by atoms with Gasteiger partial charge < -0.3 is 9.47 Å². The van der Waals surface area contributed by atoms with Crippen LogP contribution >= 0.6 is 0 Å². The highest BCUT2D eigenvalue weighted by Gasteiger charge is 2.24. The fraction of sp³-hybridized carbons (Fsp3) is 0.667. The largest absolute Gasteiger partial charge is 0.428 e. The van der Waals surface area contributed by atoms with E-state index in [0.717, 1.165) is 0 Å². The van der Waals surface area contributed by atoms with Crippen molar-refractivity contribution < 1.29 is 19.1 Å². The van der Waals surface area contributed by atoms with Crippen LogP contribution in [0.2, 0.25) is 0 Å². The predicted octanol–water partition coefficient (Wildman–Crippen LogP) is 0.111. The van der Waals surface area contributed by atoms with E-state index < -0.39 is 5.79 Å². The van der Waals surface area contributed by atoms with E-state index >= 15 is 0 Å². The zero-order valence-corrected chi connectivity index (χ0v) is 5.99. The zero-order chi connectivity index (χ0) is 8.04. The van der Waals surface area contributed by atoms with Crippen molar-refractivity contribution in [2.75, 3.05) is 6.61 Å². The smallest absolute Gasteiger partial charge is 0.295 e. The van der Waals surface area contributed by atoms with Crippen molar-refractivity contribution in [3.8, 4) is 0 Å². The van der Waals surface area contributed by atoms with Gasteiger partial charge in [-0.25, -0.2) is 0 Å². The van der Waals surface area contributed by atoms with Gasteiger partial charge in [-0.05, 0) is 6.92 Å². The summed E-state index contributed by atoms with van der Waals surface area (Å²) in [7, 11) is 0. The molecule has 0 amide bonds. The summed E-state index contributed by atoms with van der Waals surface area (Å²) >= 11 is 0. The van der Waals surface area contributed by atoms with Crippen molar-refractivity contribution in [2.24, 2.45) is 0 Å². The number of rotatable bonds is 5. The van der Waals surface area contributed by atoms with Crippen molar-refractivity contribution in [1.29, 1.82) is 0 Å². The number of aldehydes is 1. The first kappa shape index (κ1) is 9.10. The lowest BCUT2D eigenvalue weighted by Gasteiger charge is -2.19. The van der Waals surface area contributed by atoms with E-state index in [9.17, 15) is 9.59 Å². The molecule has 0 aliphatic heterocycles.